The predicted octanol–water partition coefficient (Wildman–Crippen LogP) is 1.21. The lowest BCUT2D eigenvalue weighted by molar-refractivity contribution is 0.0632. The lowest BCUT2D eigenvalue weighted by Gasteiger charge is -2.10. The van der Waals surface area contributed by atoms with Crippen molar-refractivity contribution < 1.29 is 13.9 Å². The molecular formula is C6H9FINO2. The third-order valence-electron chi connectivity index (χ3n) is 1.75. The van der Waals surface area contributed by atoms with Crippen LogP contribution >= 0.6 is 22.6 Å². The van der Waals surface area contributed by atoms with Crippen molar-refractivity contribution in [2.75, 3.05) is 20.2 Å². The number of hydrogen-bond acceptors (Lipinski definition) is 2. The quantitative estimate of drug-likeness (QED) is 0.408. The maximum absolute atomic E-state index is 12.9. The third kappa shape index (κ3) is 2.02. The van der Waals surface area contributed by atoms with Gasteiger partial charge < -0.3 is 9.64 Å². The molecule has 0 aromatic heterocycles. The number of ether oxygens (including phenoxy) is 1. The van der Waals surface area contributed by atoms with Crippen molar-refractivity contribution in [2.24, 2.45) is 0 Å². The van der Waals surface area contributed by atoms with E-state index >= 15 is 0 Å². The number of nitrogens with zero attached hydrogens (tertiary/aromatic N) is 1. The molecule has 5 heteroatoms. The molecule has 1 aliphatic rings. The predicted molar refractivity (Wildman–Crippen MR) is 46.7 cm³/mol. The van der Waals surface area contributed by atoms with Gasteiger partial charge in [-0.3, -0.25) is 4.79 Å². The van der Waals surface area contributed by atoms with Gasteiger partial charge in [-0.05, 0) is 0 Å². The normalized spacial score (nSPS) is 31.0. The molecule has 1 aliphatic heterocycles. The summed E-state index contributed by atoms with van der Waals surface area (Å²) in [5.74, 6) is 0. The molecule has 0 aromatic carbocycles. The van der Waals surface area contributed by atoms with E-state index in [1.54, 1.807) is 22.6 Å². The van der Waals surface area contributed by atoms with Gasteiger partial charge in [0.1, 0.15) is 12.3 Å². The van der Waals surface area contributed by atoms with Gasteiger partial charge in [0.2, 0.25) is 0 Å². The van der Waals surface area contributed by atoms with Gasteiger partial charge in [0.25, 0.3) is 3.91 Å². The molecular weight excluding hydrogens is 264 g/mol. The maximum Gasteiger partial charge on any atom is 0.283 e. The van der Waals surface area contributed by atoms with E-state index in [2.05, 4.69) is 0 Å². The number of amides is 1. The molecule has 2 atom stereocenters. The van der Waals surface area contributed by atoms with Crippen LogP contribution in [0.5, 0.6) is 0 Å². The van der Waals surface area contributed by atoms with Crippen LogP contribution in [0.25, 0.3) is 0 Å². The fourth-order valence-electron chi connectivity index (χ4n) is 1.10. The van der Waals surface area contributed by atoms with Crippen molar-refractivity contribution in [1.82, 2.24) is 4.90 Å². The van der Waals surface area contributed by atoms with E-state index in [-0.39, 0.29) is 10.5 Å². The van der Waals surface area contributed by atoms with Crippen molar-refractivity contribution in [3.63, 3.8) is 0 Å². The zero-order valence-corrected chi connectivity index (χ0v) is 8.25. The van der Waals surface area contributed by atoms with Gasteiger partial charge in [-0.2, -0.15) is 0 Å². The van der Waals surface area contributed by atoms with Gasteiger partial charge in [-0.1, -0.05) is 0 Å². The molecule has 1 fully saturated rings. The van der Waals surface area contributed by atoms with Crippen molar-refractivity contribution in [3.8, 4) is 0 Å². The number of likely N-dealkylation sites (tertiary alicyclic amines) is 1. The summed E-state index contributed by atoms with van der Waals surface area (Å²) in [7, 11) is 1.46. The Bertz CT molecular complexity index is 167. The van der Waals surface area contributed by atoms with E-state index in [0.29, 0.717) is 6.54 Å². The van der Waals surface area contributed by atoms with Crippen molar-refractivity contribution in [2.45, 2.75) is 12.3 Å². The minimum Gasteiger partial charge on any atom is -0.377 e. The van der Waals surface area contributed by atoms with E-state index in [9.17, 15) is 9.18 Å². The van der Waals surface area contributed by atoms with Crippen LogP contribution in [0.1, 0.15) is 0 Å². The minimum absolute atomic E-state index is 0.121. The van der Waals surface area contributed by atoms with Crippen molar-refractivity contribution in [1.29, 1.82) is 0 Å². The summed E-state index contributed by atoms with van der Waals surface area (Å²) in [6.07, 6.45) is -1.47. The molecule has 0 spiro atoms. The summed E-state index contributed by atoms with van der Waals surface area (Å²) >= 11 is 1.65. The summed E-state index contributed by atoms with van der Waals surface area (Å²) in [4.78, 5) is 12.2. The number of methoxy groups -OCH3 is 1. The molecule has 1 rings (SSSR count). The standard InChI is InChI=1S/C6H9FINO2/c1-11-5-3-9(6(8)10)2-4(5)7/h4-5H,2-3H2,1H3/t4?,5-/m1/s1. The lowest BCUT2D eigenvalue weighted by Crippen LogP contribution is -2.24. The second-order valence-electron chi connectivity index (χ2n) is 2.45. The average Bonchev–Trinajstić information content (AvgIpc) is 2.31. The molecule has 64 valence electrons. The van der Waals surface area contributed by atoms with Gasteiger partial charge >= 0.3 is 0 Å². The van der Waals surface area contributed by atoms with Crippen molar-refractivity contribution in [3.05, 3.63) is 0 Å². The van der Waals surface area contributed by atoms with Crippen LogP contribution < -0.4 is 0 Å². The van der Waals surface area contributed by atoms with Crippen LogP contribution in [0, 0.1) is 0 Å². The van der Waals surface area contributed by atoms with Crippen molar-refractivity contribution >= 4 is 26.5 Å². The zero-order chi connectivity index (χ0) is 8.43. The summed E-state index contributed by atoms with van der Waals surface area (Å²) < 4.78 is 17.6. The van der Waals surface area contributed by atoms with E-state index in [1.165, 1.54) is 12.0 Å². The lowest BCUT2D eigenvalue weighted by atomic mass is 10.3. The molecule has 0 bridgehead atoms. The van der Waals surface area contributed by atoms with Gasteiger partial charge in [-0.25, -0.2) is 4.39 Å². The molecule has 1 saturated heterocycles. The molecule has 0 radical (unpaired) electrons. The number of carbonyl (C=O) groups is 1. The molecule has 1 heterocycles. The van der Waals surface area contributed by atoms with Crippen LogP contribution in [0.4, 0.5) is 9.18 Å². The van der Waals surface area contributed by atoms with Crippen LogP contribution in [0.3, 0.4) is 0 Å². The first kappa shape index (κ1) is 9.18. The van der Waals surface area contributed by atoms with E-state index in [1.807, 2.05) is 0 Å². The van der Waals surface area contributed by atoms with Gasteiger partial charge in [0.15, 0.2) is 0 Å². The molecule has 0 N–H and O–H groups in total. The highest BCUT2D eigenvalue weighted by Gasteiger charge is 2.34. The Kier molecular flexibility index (Phi) is 3.06. The first-order valence-electron chi connectivity index (χ1n) is 3.26. The zero-order valence-electron chi connectivity index (χ0n) is 6.09. The molecule has 0 saturated carbocycles. The molecule has 1 amide bonds. The second-order valence-corrected chi connectivity index (χ2v) is 3.37. The first-order valence-corrected chi connectivity index (χ1v) is 4.34. The molecule has 0 aliphatic carbocycles. The largest absolute Gasteiger partial charge is 0.377 e. The van der Waals surface area contributed by atoms with E-state index in [0.717, 1.165) is 0 Å². The summed E-state index contributed by atoms with van der Waals surface area (Å²) in [6, 6.07) is 0. The average molecular weight is 273 g/mol. The Morgan fingerprint density at radius 1 is 1.73 bits per heavy atom. The van der Waals surface area contributed by atoms with Crippen LogP contribution in [0.15, 0.2) is 0 Å². The Balaban J connectivity index is 2.49. The number of halogens is 2. The number of carbonyl (C=O) groups excluding carboxylic acids is 1. The fourth-order valence-corrected chi connectivity index (χ4v) is 1.49. The molecule has 3 nitrogen and oxygen atoms in total. The number of hydrogen-bond donors (Lipinski definition) is 0. The monoisotopic (exact) mass is 273 g/mol. The Morgan fingerprint density at radius 3 is 2.64 bits per heavy atom. The highest BCUT2D eigenvalue weighted by Crippen LogP contribution is 2.17. The Morgan fingerprint density at radius 2 is 2.36 bits per heavy atom. The van der Waals surface area contributed by atoms with Gasteiger partial charge in [0, 0.05) is 29.7 Å². The van der Waals surface area contributed by atoms with Crippen LogP contribution in [0.2, 0.25) is 0 Å². The second kappa shape index (κ2) is 3.66. The minimum atomic E-state index is -1.03. The van der Waals surface area contributed by atoms with E-state index in [4.69, 9.17) is 4.74 Å². The smallest absolute Gasteiger partial charge is 0.283 e. The molecule has 1 unspecified atom stereocenters. The molecule has 0 aromatic rings. The maximum atomic E-state index is 12.9. The van der Waals surface area contributed by atoms with E-state index < -0.39 is 12.3 Å². The number of alkyl halides is 1. The summed E-state index contributed by atoms with van der Waals surface area (Å²) in [5, 5.41) is 0. The summed E-state index contributed by atoms with van der Waals surface area (Å²) in [5.41, 5.74) is 0. The van der Waals surface area contributed by atoms with Gasteiger partial charge in [0.05, 0.1) is 13.1 Å². The summed E-state index contributed by atoms with van der Waals surface area (Å²) in [6.45, 7) is 0.541. The molecule has 11 heavy (non-hydrogen) atoms. The highest BCUT2D eigenvalue weighted by atomic mass is 127. The fraction of sp³-hybridized carbons (Fsp3) is 0.833. The third-order valence-corrected chi connectivity index (χ3v) is 2.43. The SMILES string of the molecule is CO[C@@H]1CN(C(=O)I)CC1F. The van der Waals surface area contributed by atoms with Crippen LogP contribution in [-0.4, -0.2) is 41.3 Å². The Labute approximate surface area is 78.0 Å². The topological polar surface area (TPSA) is 29.5 Å². The van der Waals surface area contributed by atoms with Gasteiger partial charge in [-0.15, -0.1) is 0 Å². The first-order chi connectivity index (χ1) is 5.15. The number of rotatable bonds is 1. The highest BCUT2D eigenvalue weighted by molar-refractivity contribution is 14.1. The Hall–Kier alpha value is 0.0900. The van der Waals surface area contributed by atoms with Crippen LogP contribution in [-0.2, 0) is 4.74 Å².